The van der Waals surface area contributed by atoms with Gasteiger partial charge >= 0.3 is 0 Å². The highest BCUT2D eigenvalue weighted by Crippen LogP contribution is 2.46. The minimum Gasteiger partial charge on any atom is -0.456 e. The first-order valence-corrected chi connectivity index (χ1v) is 17.9. The number of nitrogens with zero attached hydrogens (tertiary/aromatic N) is 4. The van der Waals surface area contributed by atoms with Gasteiger partial charge in [-0.2, -0.15) is 0 Å². The van der Waals surface area contributed by atoms with Gasteiger partial charge in [-0.15, -0.1) is 0 Å². The maximum atomic E-state index is 6.48. The number of benzene rings is 8. The summed E-state index contributed by atoms with van der Waals surface area (Å²) in [5.41, 5.74) is 10.1. The Labute approximate surface area is 302 Å². The topological polar surface area (TPSA) is 48.8 Å². The van der Waals surface area contributed by atoms with E-state index in [9.17, 15) is 0 Å². The molecule has 4 aromatic heterocycles. The fourth-order valence-electron chi connectivity index (χ4n) is 8.70. The van der Waals surface area contributed by atoms with E-state index in [1.807, 2.05) is 12.1 Å². The normalized spacial score (nSPS) is 12.2. The molecule has 0 aliphatic heterocycles. The summed E-state index contributed by atoms with van der Waals surface area (Å²) in [6.07, 6.45) is 0. The lowest BCUT2D eigenvalue weighted by atomic mass is 10.0. The third-order valence-corrected chi connectivity index (χ3v) is 10.9. The van der Waals surface area contributed by atoms with E-state index >= 15 is 0 Å². The van der Waals surface area contributed by atoms with Gasteiger partial charge in [-0.25, -0.2) is 9.97 Å². The van der Waals surface area contributed by atoms with Gasteiger partial charge in [0.15, 0.2) is 0 Å². The quantitative estimate of drug-likeness (QED) is 0.187. The summed E-state index contributed by atoms with van der Waals surface area (Å²) < 4.78 is 11.2. The first-order valence-electron chi connectivity index (χ1n) is 17.9. The molecule has 53 heavy (non-hydrogen) atoms. The second-order valence-electron chi connectivity index (χ2n) is 13.7. The first-order chi connectivity index (χ1) is 26.3. The van der Waals surface area contributed by atoms with Crippen molar-refractivity contribution >= 4 is 87.2 Å². The van der Waals surface area contributed by atoms with Crippen LogP contribution < -0.4 is 0 Å². The third kappa shape index (κ3) is 3.91. The molecule has 8 aromatic carbocycles. The lowest BCUT2D eigenvalue weighted by Crippen LogP contribution is -2.05. The van der Waals surface area contributed by atoms with Crippen LogP contribution in [0.15, 0.2) is 174 Å². The summed E-state index contributed by atoms with van der Waals surface area (Å²) in [6.45, 7) is 0. The molecule has 0 atom stereocenters. The van der Waals surface area contributed by atoms with E-state index in [0.717, 1.165) is 88.0 Å². The van der Waals surface area contributed by atoms with Gasteiger partial charge in [-0.3, -0.25) is 4.57 Å². The zero-order valence-electron chi connectivity index (χ0n) is 28.4. The van der Waals surface area contributed by atoms with E-state index in [2.05, 4.69) is 167 Å². The summed E-state index contributed by atoms with van der Waals surface area (Å²) >= 11 is 0. The Morgan fingerprint density at radius 2 is 1.09 bits per heavy atom. The standard InChI is InChI=1S/C48H28N4O/c1-2-14-30(15-3-1)45-34-19-6-9-21-37(34)49-48(50-45)52-39-22-10-7-18-32(39)33-25-26-36-43-40(27-28-42-44(43)35-20-8-11-24-41(35)53-42)51(47(36)46(33)52)38-23-12-16-29-13-4-5-17-31(29)38/h1-28H. The van der Waals surface area contributed by atoms with Crippen LogP contribution in [-0.2, 0) is 0 Å². The van der Waals surface area contributed by atoms with Gasteiger partial charge in [0.1, 0.15) is 11.2 Å². The van der Waals surface area contributed by atoms with Gasteiger partial charge in [0.25, 0.3) is 0 Å². The van der Waals surface area contributed by atoms with Crippen LogP contribution in [0.4, 0.5) is 0 Å². The Balaban J connectivity index is 1.34. The number of para-hydroxylation sites is 3. The van der Waals surface area contributed by atoms with Gasteiger partial charge in [-0.1, -0.05) is 133 Å². The summed E-state index contributed by atoms with van der Waals surface area (Å²) in [4.78, 5) is 10.8. The van der Waals surface area contributed by atoms with E-state index in [1.54, 1.807) is 0 Å². The zero-order valence-corrected chi connectivity index (χ0v) is 28.4. The third-order valence-electron chi connectivity index (χ3n) is 10.9. The molecule has 0 saturated heterocycles. The number of hydrogen-bond donors (Lipinski definition) is 0. The average Bonchev–Trinajstić information content (AvgIpc) is 3.88. The van der Waals surface area contributed by atoms with Crippen LogP contribution in [0, 0.1) is 0 Å². The van der Waals surface area contributed by atoms with Gasteiger partial charge in [0.05, 0.1) is 39.0 Å². The molecule has 0 unspecified atom stereocenters. The van der Waals surface area contributed by atoms with Crippen molar-refractivity contribution in [2.45, 2.75) is 0 Å². The van der Waals surface area contributed by atoms with Crippen LogP contribution >= 0.6 is 0 Å². The molecule has 0 bridgehead atoms. The zero-order chi connectivity index (χ0) is 34.6. The fraction of sp³-hybridized carbons (Fsp3) is 0. The van der Waals surface area contributed by atoms with Crippen molar-refractivity contribution in [1.82, 2.24) is 19.1 Å². The molecular formula is C48H28N4O. The molecule has 0 spiro atoms. The van der Waals surface area contributed by atoms with Gasteiger partial charge in [0.2, 0.25) is 5.95 Å². The molecule has 0 aliphatic carbocycles. The Morgan fingerprint density at radius 3 is 2.00 bits per heavy atom. The van der Waals surface area contributed by atoms with Crippen LogP contribution in [0.1, 0.15) is 0 Å². The van der Waals surface area contributed by atoms with Crippen LogP contribution in [-0.4, -0.2) is 19.1 Å². The minimum absolute atomic E-state index is 0.634. The van der Waals surface area contributed by atoms with Gasteiger partial charge < -0.3 is 8.98 Å². The number of hydrogen-bond acceptors (Lipinski definition) is 3. The molecule has 12 rings (SSSR count). The summed E-state index contributed by atoms with van der Waals surface area (Å²) in [5, 5.41) is 10.2. The van der Waals surface area contributed by atoms with Crippen LogP contribution in [0.5, 0.6) is 0 Å². The predicted octanol–water partition coefficient (Wildman–Crippen LogP) is 12.5. The molecule has 0 radical (unpaired) electrons. The molecule has 5 nitrogen and oxygen atoms in total. The molecule has 0 fully saturated rings. The van der Waals surface area contributed by atoms with Crippen molar-refractivity contribution in [3.63, 3.8) is 0 Å². The van der Waals surface area contributed by atoms with E-state index < -0.39 is 0 Å². The van der Waals surface area contributed by atoms with Crippen molar-refractivity contribution in [1.29, 1.82) is 0 Å². The maximum absolute atomic E-state index is 6.48. The molecular weight excluding hydrogens is 649 g/mol. The lowest BCUT2D eigenvalue weighted by molar-refractivity contribution is 0.669. The largest absolute Gasteiger partial charge is 0.456 e. The Hall–Kier alpha value is -7.24. The summed E-state index contributed by atoms with van der Waals surface area (Å²) in [5.74, 6) is 0.634. The molecule has 0 saturated carbocycles. The van der Waals surface area contributed by atoms with Crippen molar-refractivity contribution in [2.24, 2.45) is 0 Å². The predicted molar refractivity (Wildman–Crippen MR) is 218 cm³/mol. The highest BCUT2D eigenvalue weighted by Gasteiger charge is 2.25. The fourth-order valence-corrected chi connectivity index (χ4v) is 8.70. The van der Waals surface area contributed by atoms with Gasteiger partial charge in [-0.05, 0) is 41.8 Å². The molecule has 4 heterocycles. The molecule has 0 aliphatic rings. The van der Waals surface area contributed by atoms with Crippen molar-refractivity contribution in [2.75, 3.05) is 0 Å². The number of rotatable bonds is 3. The van der Waals surface area contributed by atoms with Crippen molar-refractivity contribution < 1.29 is 4.42 Å². The Bertz CT molecular complexity index is 3450. The van der Waals surface area contributed by atoms with Crippen molar-refractivity contribution in [3.8, 4) is 22.9 Å². The van der Waals surface area contributed by atoms with Crippen LogP contribution in [0.2, 0.25) is 0 Å². The molecule has 12 aromatic rings. The Morgan fingerprint density at radius 1 is 0.396 bits per heavy atom. The number of furan rings is 1. The van der Waals surface area contributed by atoms with Crippen molar-refractivity contribution in [3.05, 3.63) is 170 Å². The lowest BCUT2D eigenvalue weighted by Gasteiger charge is -2.15. The van der Waals surface area contributed by atoms with E-state index in [-0.39, 0.29) is 0 Å². The van der Waals surface area contributed by atoms with E-state index in [1.165, 1.54) is 16.2 Å². The summed E-state index contributed by atoms with van der Waals surface area (Å²) in [7, 11) is 0. The molecule has 5 heteroatoms. The highest BCUT2D eigenvalue weighted by atomic mass is 16.3. The second-order valence-corrected chi connectivity index (χ2v) is 13.7. The highest BCUT2D eigenvalue weighted by molar-refractivity contribution is 6.32. The van der Waals surface area contributed by atoms with E-state index in [4.69, 9.17) is 14.4 Å². The summed E-state index contributed by atoms with van der Waals surface area (Å²) in [6, 6.07) is 59.9. The smallest absolute Gasteiger partial charge is 0.235 e. The first kappa shape index (κ1) is 28.5. The molecule has 0 N–H and O–H groups in total. The monoisotopic (exact) mass is 676 g/mol. The van der Waals surface area contributed by atoms with E-state index in [0.29, 0.717) is 5.95 Å². The Kier molecular flexibility index (Phi) is 5.71. The average molecular weight is 677 g/mol. The minimum atomic E-state index is 0.634. The second kappa shape index (κ2) is 10.6. The molecule has 0 amide bonds. The maximum Gasteiger partial charge on any atom is 0.235 e. The molecule has 246 valence electrons. The van der Waals surface area contributed by atoms with Crippen LogP contribution in [0.3, 0.4) is 0 Å². The number of aromatic nitrogens is 4. The van der Waals surface area contributed by atoms with Gasteiger partial charge in [0, 0.05) is 48.7 Å². The van der Waals surface area contributed by atoms with Crippen LogP contribution in [0.25, 0.3) is 110 Å². The number of fused-ring (bicyclic) bond motifs is 13. The SMILES string of the molecule is c1ccc(-c2nc(-n3c4ccccc4c4ccc5c6c7c(ccc6n(-c6cccc8ccccc68)c5c43)oc3ccccc37)nc3ccccc23)cc1.